The van der Waals surface area contributed by atoms with E-state index in [1.165, 1.54) is 6.08 Å². The number of H-pyrrole nitrogens is 1. The molecule has 0 atom stereocenters. The molecule has 0 bridgehead atoms. The molecule has 0 aromatic carbocycles. The summed E-state index contributed by atoms with van der Waals surface area (Å²) in [5.41, 5.74) is 8.58. The molecular weight excluding hydrogens is 280 g/mol. The molecule has 0 aliphatic rings. The highest BCUT2D eigenvalue weighted by Gasteiger charge is 2.06. The zero-order chi connectivity index (χ0) is 15.5. The zero-order valence-electron chi connectivity index (χ0n) is 11.9. The van der Waals surface area contributed by atoms with Crippen molar-refractivity contribution in [2.75, 3.05) is 7.11 Å². The first-order valence-corrected chi connectivity index (χ1v) is 6.62. The fraction of sp³-hybridized carbons (Fsp3) is 0.0625. The SMILES string of the molecule is COc1ccc(-c2cnc3[nH]cc(/C=C/C(N)=O)c3c2)cn1. The van der Waals surface area contributed by atoms with Crippen LogP contribution < -0.4 is 10.5 Å². The number of methoxy groups -OCH3 is 1. The molecule has 3 heterocycles. The summed E-state index contributed by atoms with van der Waals surface area (Å²) in [6.07, 6.45) is 8.27. The monoisotopic (exact) mass is 294 g/mol. The Bertz CT molecular complexity index is 850. The third kappa shape index (κ3) is 2.67. The number of primary amides is 1. The van der Waals surface area contributed by atoms with Gasteiger partial charge in [-0.1, -0.05) is 0 Å². The van der Waals surface area contributed by atoms with E-state index in [9.17, 15) is 4.79 Å². The van der Waals surface area contributed by atoms with Crippen LogP contribution in [-0.4, -0.2) is 28.0 Å². The molecule has 0 unspecified atom stereocenters. The van der Waals surface area contributed by atoms with Gasteiger partial charge in [0.15, 0.2) is 0 Å². The fourth-order valence-corrected chi connectivity index (χ4v) is 2.16. The molecule has 1 amide bonds. The number of rotatable bonds is 4. The molecule has 110 valence electrons. The van der Waals surface area contributed by atoms with E-state index in [-0.39, 0.29) is 0 Å². The van der Waals surface area contributed by atoms with Gasteiger partial charge >= 0.3 is 0 Å². The Kier molecular flexibility index (Phi) is 3.57. The second-order valence-electron chi connectivity index (χ2n) is 4.69. The number of hydrogen-bond acceptors (Lipinski definition) is 4. The number of hydrogen-bond donors (Lipinski definition) is 2. The second-order valence-corrected chi connectivity index (χ2v) is 4.69. The van der Waals surface area contributed by atoms with Crippen LogP contribution >= 0.6 is 0 Å². The normalized spacial score (nSPS) is 11.1. The van der Waals surface area contributed by atoms with Crippen molar-refractivity contribution in [3.05, 3.63) is 48.4 Å². The smallest absolute Gasteiger partial charge is 0.241 e. The van der Waals surface area contributed by atoms with Crippen molar-refractivity contribution < 1.29 is 9.53 Å². The number of carbonyl (C=O) groups excluding carboxylic acids is 1. The minimum absolute atomic E-state index is 0.488. The van der Waals surface area contributed by atoms with Crippen LogP contribution in [0.2, 0.25) is 0 Å². The summed E-state index contributed by atoms with van der Waals surface area (Å²) in [4.78, 5) is 22.5. The Labute approximate surface area is 126 Å². The van der Waals surface area contributed by atoms with Crippen molar-refractivity contribution in [2.45, 2.75) is 0 Å². The number of carbonyl (C=O) groups is 1. The van der Waals surface area contributed by atoms with Crippen LogP contribution in [0.15, 0.2) is 42.9 Å². The van der Waals surface area contributed by atoms with E-state index in [2.05, 4.69) is 15.0 Å². The van der Waals surface area contributed by atoms with Crippen molar-refractivity contribution >= 4 is 23.0 Å². The third-order valence-electron chi connectivity index (χ3n) is 3.27. The van der Waals surface area contributed by atoms with Crippen LogP contribution in [0.5, 0.6) is 5.88 Å². The number of ether oxygens (including phenoxy) is 1. The predicted octanol–water partition coefficient (Wildman–Crippen LogP) is 2.13. The first-order chi connectivity index (χ1) is 10.7. The summed E-state index contributed by atoms with van der Waals surface area (Å²) in [6.45, 7) is 0. The first-order valence-electron chi connectivity index (χ1n) is 6.62. The topological polar surface area (TPSA) is 93.9 Å². The molecule has 0 saturated carbocycles. The highest BCUT2D eigenvalue weighted by Crippen LogP contribution is 2.25. The average molecular weight is 294 g/mol. The Morgan fingerprint density at radius 2 is 2.09 bits per heavy atom. The highest BCUT2D eigenvalue weighted by molar-refractivity contribution is 5.95. The summed E-state index contributed by atoms with van der Waals surface area (Å²) < 4.78 is 5.05. The number of nitrogens with one attached hydrogen (secondary N) is 1. The summed E-state index contributed by atoms with van der Waals surface area (Å²) >= 11 is 0. The van der Waals surface area contributed by atoms with Crippen molar-refractivity contribution in [1.29, 1.82) is 0 Å². The number of fused-ring (bicyclic) bond motifs is 1. The van der Waals surface area contributed by atoms with Gasteiger partial charge in [-0.25, -0.2) is 9.97 Å². The molecule has 0 radical (unpaired) electrons. The largest absolute Gasteiger partial charge is 0.481 e. The van der Waals surface area contributed by atoms with Gasteiger partial charge in [-0.15, -0.1) is 0 Å². The number of aromatic nitrogens is 3. The van der Waals surface area contributed by atoms with Crippen LogP contribution in [0.3, 0.4) is 0 Å². The Hall–Kier alpha value is -3.15. The van der Waals surface area contributed by atoms with Gasteiger partial charge < -0.3 is 15.5 Å². The molecule has 0 aliphatic heterocycles. The minimum Gasteiger partial charge on any atom is -0.481 e. The van der Waals surface area contributed by atoms with E-state index < -0.39 is 5.91 Å². The minimum atomic E-state index is -0.488. The van der Waals surface area contributed by atoms with E-state index >= 15 is 0 Å². The zero-order valence-corrected chi connectivity index (χ0v) is 11.9. The number of nitrogens with zero attached hydrogens (tertiary/aromatic N) is 2. The van der Waals surface area contributed by atoms with E-state index in [1.807, 2.05) is 12.1 Å². The van der Waals surface area contributed by atoms with Crippen LogP contribution in [0, 0.1) is 0 Å². The molecule has 22 heavy (non-hydrogen) atoms. The van der Waals surface area contributed by atoms with E-state index in [4.69, 9.17) is 10.5 Å². The van der Waals surface area contributed by atoms with Crippen LogP contribution in [0.1, 0.15) is 5.56 Å². The third-order valence-corrected chi connectivity index (χ3v) is 3.27. The van der Waals surface area contributed by atoms with Gasteiger partial charge in [0, 0.05) is 52.8 Å². The standard InChI is InChI=1S/C16H14N4O2/c1-22-15-5-3-10(7-18-15)12-6-13-11(2-4-14(17)21)8-19-16(13)20-9-12/h2-9H,1H3,(H2,17,21)(H,19,20)/b4-2+. The van der Waals surface area contributed by atoms with Crippen molar-refractivity contribution in [3.63, 3.8) is 0 Å². The van der Waals surface area contributed by atoms with Gasteiger partial charge in [0.1, 0.15) is 5.65 Å². The molecular formula is C16H14N4O2. The quantitative estimate of drug-likeness (QED) is 0.721. The maximum absolute atomic E-state index is 10.9. The fourth-order valence-electron chi connectivity index (χ4n) is 2.16. The predicted molar refractivity (Wildman–Crippen MR) is 84.1 cm³/mol. The maximum atomic E-state index is 10.9. The highest BCUT2D eigenvalue weighted by atomic mass is 16.5. The average Bonchev–Trinajstić information content (AvgIpc) is 2.95. The van der Waals surface area contributed by atoms with Crippen LogP contribution in [0.4, 0.5) is 0 Å². The van der Waals surface area contributed by atoms with Gasteiger partial charge in [-0.05, 0) is 18.2 Å². The first kappa shape index (κ1) is 13.8. The Morgan fingerprint density at radius 1 is 1.27 bits per heavy atom. The van der Waals surface area contributed by atoms with Crippen molar-refractivity contribution in [2.24, 2.45) is 5.73 Å². The lowest BCUT2D eigenvalue weighted by molar-refractivity contribution is -0.113. The van der Waals surface area contributed by atoms with Crippen LogP contribution in [-0.2, 0) is 4.79 Å². The lowest BCUT2D eigenvalue weighted by Gasteiger charge is -2.03. The number of pyridine rings is 2. The number of amides is 1. The summed E-state index contributed by atoms with van der Waals surface area (Å²) in [6, 6.07) is 5.70. The Morgan fingerprint density at radius 3 is 2.77 bits per heavy atom. The van der Waals surface area contributed by atoms with Gasteiger partial charge in [0.2, 0.25) is 11.8 Å². The summed E-state index contributed by atoms with van der Waals surface area (Å²) in [5.74, 6) is 0.0716. The molecule has 0 fully saturated rings. The van der Waals surface area contributed by atoms with Crippen molar-refractivity contribution in [3.8, 4) is 17.0 Å². The van der Waals surface area contributed by atoms with Gasteiger partial charge in [0.25, 0.3) is 0 Å². The molecule has 3 rings (SSSR count). The molecule has 3 aromatic rings. The summed E-state index contributed by atoms with van der Waals surface area (Å²) in [7, 11) is 1.58. The molecule has 0 spiro atoms. The Balaban J connectivity index is 2.03. The second kappa shape index (κ2) is 5.69. The molecule has 6 nitrogen and oxygen atoms in total. The molecule has 3 N–H and O–H groups in total. The molecule has 0 aliphatic carbocycles. The van der Waals surface area contributed by atoms with Gasteiger partial charge in [0.05, 0.1) is 7.11 Å². The van der Waals surface area contributed by atoms with E-state index in [0.717, 1.165) is 27.7 Å². The molecule has 0 saturated heterocycles. The number of nitrogens with two attached hydrogens (primary N) is 1. The summed E-state index contributed by atoms with van der Waals surface area (Å²) in [5, 5.41) is 0.908. The lowest BCUT2D eigenvalue weighted by atomic mass is 10.1. The molecule has 3 aromatic heterocycles. The van der Waals surface area contributed by atoms with Gasteiger partial charge in [-0.2, -0.15) is 0 Å². The van der Waals surface area contributed by atoms with E-state index in [1.54, 1.807) is 37.8 Å². The van der Waals surface area contributed by atoms with Crippen LogP contribution in [0.25, 0.3) is 28.2 Å². The lowest BCUT2D eigenvalue weighted by Crippen LogP contribution is -2.04. The maximum Gasteiger partial charge on any atom is 0.241 e. The number of aromatic amines is 1. The van der Waals surface area contributed by atoms with E-state index in [0.29, 0.717) is 5.88 Å². The van der Waals surface area contributed by atoms with Gasteiger partial charge in [-0.3, -0.25) is 4.79 Å². The molecule has 6 heteroatoms. The van der Waals surface area contributed by atoms with Crippen molar-refractivity contribution in [1.82, 2.24) is 15.0 Å².